The van der Waals surface area contributed by atoms with Crippen LogP contribution in [0.2, 0.25) is 0 Å². The van der Waals surface area contributed by atoms with Crippen molar-refractivity contribution in [3.8, 4) is 33.5 Å². The Balaban J connectivity index is 1.45. The van der Waals surface area contributed by atoms with Crippen molar-refractivity contribution in [1.29, 1.82) is 0 Å². The fourth-order valence-corrected chi connectivity index (χ4v) is 4.05. The van der Waals surface area contributed by atoms with Crippen LogP contribution in [-0.2, 0) is 0 Å². The quantitative estimate of drug-likeness (QED) is 0.315. The zero-order chi connectivity index (χ0) is 20.5. The molecular weight excluding hydrogens is 400 g/mol. The van der Waals surface area contributed by atoms with Gasteiger partial charge in [0, 0.05) is 17.3 Å². The van der Waals surface area contributed by atoms with Gasteiger partial charge < -0.3 is 0 Å². The van der Waals surface area contributed by atoms with Crippen LogP contribution in [0.25, 0.3) is 44.3 Å². The van der Waals surface area contributed by atoms with Gasteiger partial charge in [0.2, 0.25) is 0 Å². The van der Waals surface area contributed by atoms with Crippen LogP contribution in [0.5, 0.6) is 0 Å². The van der Waals surface area contributed by atoms with Crippen LogP contribution < -0.4 is 10.6 Å². The van der Waals surface area contributed by atoms with Crippen molar-refractivity contribution >= 4 is 39.9 Å². The number of pyridine rings is 1. The van der Waals surface area contributed by atoms with Crippen molar-refractivity contribution in [1.82, 2.24) is 4.98 Å². The maximum Gasteiger partial charge on any atom is 0.0702 e. The summed E-state index contributed by atoms with van der Waals surface area (Å²) in [7, 11) is 5.45. The molecule has 0 spiro atoms. The molecule has 4 aromatic carbocycles. The van der Waals surface area contributed by atoms with Gasteiger partial charge in [0.15, 0.2) is 0 Å². The fourth-order valence-electron chi connectivity index (χ4n) is 3.67. The van der Waals surface area contributed by atoms with Gasteiger partial charge in [0.25, 0.3) is 0 Å². The normalized spacial score (nSPS) is 11.0. The number of fused-ring (bicyclic) bond motifs is 1. The second-order valence-electron chi connectivity index (χ2n) is 7.45. The van der Waals surface area contributed by atoms with Gasteiger partial charge in [-0.15, -0.1) is 18.5 Å². The maximum atomic E-state index is 4.69. The van der Waals surface area contributed by atoms with E-state index in [0.29, 0.717) is 0 Å². The molecule has 2 atom stereocenters. The Hall–Kier alpha value is -2.85. The van der Waals surface area contributed by atoms with E-state index in [9.17, 15) is 0 Å². The third-order valence-electron chi connectivity index (χ3n) is 5.39. The molecule has 5 rings (SSSR count). The van der Waals surface area contributed by atoms with Gasteiger partial charge in [-0.05, 0) is 56.3 Å². The molecule has 0 N–H and O–H groups in total. The lowest BCUT2D eigenvalue weighted by Gasteiger charge is -2.08. The lowest BCUT2D eigenvalue weighted by atomic mass is 9.98. The second-order valence-corrected chi connectivity index (χ2v) is 8.79. The topological polar surface area (TPSA) is 12.9 Å². The third-order valence-corrected chi connectivity index (χ3v) is 6.16. The van der Waals surface area contributed by atoms with Crippen LogP contribution in [0, 0.1) is 0 Å². The molecule has 30 heavy (non-hydrogen) atoms. The molecule has 1 heterocycles. The molecule has 0 amide bonds. The predicted octanol–water partition coefficient (Wildman–Crippen LogP) is 6.24. The summed E-state index contributed by atoms with van der Waals surface area (Å²) in [6.07, 6.45) is 1.96. The van der Waals surface area contributed by atoms with E-state index >= 15 is 0 Å². The van der Waals surface area contributed by atoms with Gasteiger partial charge in [0.05, 0.1) is 5.69 Å². The average Bonchev–Trinajstić information content (AvgIpc) is 2.79. The van der Waals surface area contributed by atoms with Crippen molar-refractivity contribution in [3.63, 3.8) is 0 Å². The first-order valence-electron chi connectivity index (χ1n) is 9.88. The Labute approximate surface area is 181 Å². The molecular formula is C27H21NP2. The molecule has 2 unspecified atom stereocenters. The molecule has 0 saturated heterocycles. The van der Waals surface area contributed by atoms with Crippen molar-refractivity contribution in [2.45, 2.75) is 0 Å². The van der Waals surface area contributed by atoms with Crippen molar-refractivity contribution in [2.75, 3.05) is 0 Å². The zero-order valence-electron chi connectivity index (χ0n) is 16.4. The molecule has 0 aliphatic rings. The minimum Gasteiger partial charge on any atom is -0.256 e. The Morgan fingerprint density at radius 1 is 0.433 bits per heavy atom. The summed E-state index contributed by atoms with van der Waals surface area (Å²) in [4.78, 5) is 4.69. The van der Waals surface area contributed by atoms with E-state index in [1.807, 2.05) is 6.20 Å². The molecule has 0 bridgehead atoms. The Kier molecular flexibility index (Phi) is 5.17. The van der Waals surface area contributed by atoms with Gasteiger partial charge in [-0.1, -0.05) is 78.9 Å². The van der Waals surface area contributed by atoms with E-state index in [-0.39, 0.29) is 0 Å². The minimum absolute atomic E-state index is 0.991. The van der Waals surface area contributed by atoms with Gasteiger partial charge in [-0.25, -0.2) is 0 Å². The average molecular weight is 421 g/mol. The fraction of sp³-hybridized carbons (Fsp3) is 0. The standard InChI is InChI=1S/C27H21NP2/c29-25-10-5-18(6-11-25)20-1-2-22-16-23(4-3-21(22)15-20)24-9-14-27(28-17-24)19-7-12-26(30)13-8-19/h1-17H,29-30H2. The highest BCUT2D eigenvalue weighted by molar-refractivity contribution is 7.27. The molecule has 1 aromatic heterocycles. The van der Waals surface area contributed by atoms with Crippen molar-refractivity contribution in [3.05, 3.63) is 103 Å². The van der Waals surface area contributed by atoms with Crippen molar-refractivity contribution in [2.24, 2.45) is 0 Å². The zero-order valence-corrected chi connectivity index (χ0v) is 18.7. The molecule has 5 aromatic rings. The number of benzene rings is 4. The molecule has 0 fully saturated rings. The monoisotopic (exact) mass is 421 g/mol. The molecule has 3 heteroatoms. The summed E-state index contributed by atoms with van der Waals surface area (Å²) >= 11 is 0. The first kappa shape index (κ1) is 19.1. The number of aromatic nitrogens is 1. The molecule has 0 saturated carbocycles. The van der Waals surface area contributed by atoms with Gasteiger partial charge in [-0.2, -0.15) is 0 Å². The number of hydrogen-bond acceptors (Lipinski definition) is 1. The summed E-state index contributed by atoms with van der Waals surface area (Å²) < 4.78 is 0. The van der Waals surface area contributed by atoms with E-state index in [1.165, 1.54) is 38.1 Å². The highest BCUT2D eigenvalue weighted by Crippen LogP contribution is 2.29. The largest absolute Gasteiger partial charge is 0.256 e. The van der Waals surface area contributed by atoms with Crippen molar-refractivity contribution < 1.29 is 0 Å². The third kappa shape index (κ3) is 3.92. The first-order chi connectivity index (χ1) is 14.7. The van der Waals surface area contributed by atoms with Gasteiger partial charge in [-0.3, -0.25) is 4.98 Å². The summed E-state index contributed by atoms with van der Waals surface area (Å²) in [5.74, 6) is 0. The lowest BCUT2D eigenvalue weighted by Crippen LogP contribution is -1.90. The second kappa shape index (κ2) is 8.11. The highest BCUT2D eigenvalue weighted by Gasteiger charge is 2.05. The van der Waals surface area contributed by atoms with E-state index in [0.717, 1.165) is 16.8 Å². The van der Waals surface area contributed by atoms with Crippen LogP contribution in [-0.4, -0.2) is 4.98 Å². The Bertz CT molecular complexity index is 1320. The van der Waals surface area contributed by atoms with Crippen LogP contribution >= 0.6 is 18.5 Å². The molecule has 0 radical (unpaired) electrons. The smallest absolute Gasteiger partial charge is 0.0702 e. The van der Waals surface area contributed by atoms with E-state index in [1.54, 1.807) is 0 Å². The SMILES string of the molecule is Pc1ccc(-c2ccc3cc(-c4ccc(-c5ccc(P)cc5)nc4)ccc3c2)cc1. The summed E-state index contributed by atoms with van der Waals surface area (Å²) in [5.41, 5.74) is 6.91. The summed E-state index contributed by atoms with van der Waals surface area (Å²) in [6, 6.07) is 34.5. The number of nitrogens with zero attached hydrogens (tertiary/aromatic N) is 1. The van der Waals surface area contributed by atoms with Gasteiger partial charge >= 0.3 is 0 Å². The van der Waals surface area contributed by atoms with Crippen LogP contribution in [0.1, 0.15) is 0 Å². The molecule has 0 aliphatic heterocycles. The summed E-state index contributed by atoms with van der Waals surface area (Å²) in [6.45, 7) is 0. The first-order valence-corrected chi connectivity index (χ1v) is 11.0. The predicted molar refractivity (Wildman–Crippen MR) is 137 cm³/mol. The Morgan fingerprint density at radius 2 is 0.900 bits per heavy atom. The highest BCUT2D eigenvalue weighted by atomic mass is 31.0. The minimum atomic E-state index is 0.991. The molecule has 144 valence electrons. The Morgan fingerprint density at radius 3 is 1.43 bits per heavy atom. The van der Waals surface area contributed by atoms with E-state index < -0.39 is 0 Å². The van der Waals surface area contributed by atoms with Gasteiger partial charge in [0.1, 0.15) is 0 Å². The summed E-state index contributed by atoms with van der Waals surface area (Å²) in [5, 5.41) is 4.86. The number of hydrogen-bond donors (Lipinski definition) is 0. The maximum absolute atomic E-state index is 4.69. The van der Waals surface area contributed by atoms with Crippen LogP contribution in [0.15, 0.2) is 103 Å². The van der Waals surface area contributed by atoms with Crippen LogP contribution in [0.3, 0.4) is 0 Å². The molecule has 1 nitrogen and oxygen atoms in total. The van der Waals surface area contributed by atoms with Crippen LogP contribution in [0.4, 0.5) is 0 Å². The number of rotatable bonds is 3. The molecule has 0 aliphatic carbocycles. The van der Waals surface area contributed by atoms with E-state index in [4.69, 9.17) is 0 Å². The lowest BCUT2D eigenvalue weighted by molar-refractivity contribution is 1.33. The van der Waals surface area contributed by atoms with E-state index in [2.05, 4.69) is 121 Å².